The molecule has 0 aromatic heterocycles. The molecule has 1 saturated carbocycles. The summed E-state index contributed by atoms with van der Waals surface area (Å²) in [4.78, 5) is -0.116. The fourth-order valence-electron chi connectivity index (χ4n) is 3.98. The van der Waals surface area contributed by atoms with Crippen molar-refractivity contribution in [2.24, 2.45) is 0 Å². The van der Waals surface area contributed by atoms with Crippen LogP contribution in [0.15, 0.2) is 29.2 Å². The molecule has 0 heterocycles. The molecule has 0 spiro atoms. The van der Waals surface area contributed by atoms with Gasteiger partial charge in [-0.15, -0.1) is 0 Å². The average Bonchev–Trinajstić information content (AvgIpc) is 2.77. The molecule has 0 radical (unpaired) electrons. The molecule has 0 aliphatic heterocycles. The lowest BCUT2D eigenvalue weighted by molar-refractivity contribution is -0.137. The third-order valence-electron chi connectivity index (χ3n) is 6.08. The molecule has 0 amide bonds. The average molecular weight is 479 g/mol. The maximum atomic E-state index is 12.8. The normalized spacial score (nSPS) is 20.1. The van der Waals surface area contributed by atoms with E-state index in [1.165, 1.54) is 30.6 Å². The highest BCUT2D eigenvalue weighted by molar-refractivity contribution is 7.89. The third-order valence-corrected chi connectivity index (χ3v) is 8.00. The minimum absolute atomic E-state index is 0.116. The summed E-state index contributed by atoms with van der Waals surface area (Å²) >= 11 is 0. The van der Waals surface area contributed by atoms with Crippen LogP contribution < -0.4 is 5.32 Å². The Bertz CT molecular complexity index is 762. The lowest BCUT2D eigenvalue weighted by Crippen LogP contribution is -2.40. The van der Waals surface area contributed by atoms with Crippen molar-refractivity contribution in [3.05, 3.63) is 29.8 Å². The maximum absolute atomic E-state index is 12.8. The summed E-state index contributed by atoms with van der Waals surface area (Å²) in [5, 5.41) is 3.44. The standard InChI is InChI=1S/C23H37F3N2O3S/c1-3-4-5-16-27-17-6-7-18-31-21-12-10-20(11-13-21)28(2)32(29,30)22-14-8-19(9-15-22)23(24,25)26/h8-9,14-15,20-21,27H,3-7,10-13,16-18H2,1-2H3. The van der Waals surface area contributed by atoms with E-state index in [2.05, 4.69) is 12.2 Å². The quantitative estimate of drug-likeness (QED) is 0.395. The van der Waals surface area contributed by atoms with Crippen molar-refractivity contribution in [1.29, 1.82) is 0 Å². The molecule has 1 fully saturated rings. The number of rotatable bonds is 13. The summed E-state index contributed by atoms with van der Waals surface area (Å²) in [5.74, 6) is 0. The summed E-state index contributed by atoms with van der Waals surface area (Å²) in [6.45, 7) is 4.99. The molecular formula is C23H37F3N2O3S. The lowest BCUT2D eigenvalue weighted by atomic mass is 9.93. The number of ether oxygens (including phenoxy) is 1. The number of nitrogens with one attached hydrogen (secondary N) is 1. The van der Waals surface area contributed by atoms with Crippen LogP contribution in [-0.2, 0) is 20.9 Å². The molecule has 0 bridgehead atoms. The van der Waals surface area contributed by atoms with E-state index in [-0.39, 0.29) is 17.0 Å². The van der Waals surface area contributed by atoms with E-state index in [1.807, 2.05) is 0 Å². The van der Waals surface area contributed by atoms with E-state index in [0.29, 0.717) is 19.4 Å². The Labute approximate surface area is 190 Å². The maximum Gasteiger partial charge on any atom is 0.416 e. The molecule has 9 heteroatoms. The molecule has 184 valence electrons. The van der Waals surface area contributed by atoms with Crippen LogP contribution in [0.25, 0.3) is 0 Å². The Morgan fingerprint density at radius 1 is 1.00 bits per heavy atom. The molecule has 32 heavy (non-hydrogen) atoms. The summed E-state index contributed by atoms with van der Waals surface area (Å²) < 4.78 is 71.1. The van der Waals surface area contributed by atoms with Crippen LogP contribution >= 0.6 is 0 Å². The van der Waals surface area contributed by atoms with Gasteiger partial charge in [-0.05, 0) is 82.3 Å². The van der Waals surface area contributed by atoms with Gasteiger partial charge < -0.3 is 10.1 Å². The van der Waals surface area contributed by atoms with Gasteiger partial charge in [0.25, 0.3) is 0 Å². The first-order valence-electron chi connectivity index (χ1n) is 11.6. The van der Waals surface area contributed by atoms with Crippen LogP contribution in [0.3, 0.4) is 0 Å². The topological polar surface area (TPSA) is 58.6 Å². The van der Waals surface area contributed by atoms with E-state index in [1.54, 1.807) is 0 Å². The molecule has 0 saturated heterocycles. The van der Waals surface area contributed by atoms with E-state index >= 15 is 0 Å². The Morgan fingerprint density at radius 2 is 1.59 bits per heavy atom. The molecule has 2 rings (SSSR count). The van der Waals surface area contributed by atoms with E-state index < -0.39 is 21.8 Å². The SMILES string of the molecule is CCCCCNCCCCOC1CCC(N(C)S(=O)(=O)c2ccc(C(F)(F)F)cc2)CC1. The zero-order valence-electron chi connectivity index (χ0n) is 19.2. The van der Waals surface area contributed by atoms with Gasteiger partial charge in [0.1, 0.15) is 0 Å². The number of halogens is 3. The second-order valence-electron chi connectivity index (χ2n) is 8.51. The van der Waals surface area contributed by atoms with Gasteiger partial charge in [0, 0.05) is 19.7 Å². The Hall–Kier alpha value is -1.16. The number of benzene rings is 1. The second-order valence-corrected chi connectivity index (χ2v) is 10.5. The monoisotopic (exact) mass is 478 g/mol. The van der Waals surface area contributed by atoms with Gasteiger partial charge in [0.15, 0.2) is 0 Å². The van der Waals surface area contributed by atoms with Crippen LogP contribution in [0.2, 0.25) is 0 Å². The van der Waals surface area contributed by atoms with E-state index in [9.17, 15) is 21.6 Å². The number of unbranched alkanes of at least 4 members (excludes halogenated alkanes) is 3. The summed E-state index contributed by atoms with van der Waals surface area (Å²) in [6, 6.07) is 3.51. The van der Waals surface area contributed by atoms with Crippen LogP contribution in [0.4, 0.5) is 13.2 Å². The van der Waals surface area contributed by atoms with Crippen molar-refractivity contribution in [2.75, 3.05) is 26.7 Å². The highest BCUT2D eigenvalue weighted by atomic mass is 32.2. The molecule has 0 atom stereocenters. The number of nitrogens with zero attached hydrogens (tertiary/aromatic N) is 1. The van der Waals surface area contributed by atoms with Gasteiger partial charge in [0.05, 0.1) is 16.6 Å². The number of sulfonamides is 1. The number of hydrogen-bond donors (Lipinski definition) is 1. The van der Waals surface area contributed by atoms with Gasteiger partial charge in [-0.2, -0.15) is 17.5 Å². The zero-order valence-corrected chi connectivity index (χ0v) is 20.0. The van der Waals surface area contributed by atoms with Gasteiger partial charge in [0.2, 0.25) is 10.0 Å². The van der Waals surface area contributed by atoms with Crippen molar-refractivity contribution in [1.82, 2.24) is 9.62 Å². The smallest absolute Gasteiger partial charge is 0.378 e. The van der Waals surface area contributed by atoms with Gasteiger partial charge in [-0.3, -0.25) is 0 Å². The first kappa shape index (κ1) is 27.1. The molecule has 1 aliphatic carbocycles. The molecule has 1 N–H and O–H groups in total. The largest absolute Gasteiger partial charge is 0.416 e. The molecule has 1 aromatic rings. The molecular weight excluding hydrogens is 441 g/mol. The minimum Gasteiger partial charge on any atom is -0.378 e. The fourth-order valence-corrected chi connectivity index (χ4v) is 5.40. The number of alkyl halides is 3. The molecule has 1 aromatic carbocycles. The molecule has 0 unspecified atom stereocenters. The molecule has 1 aliphatic rings. The first-order valence-corrected chi connectivity index (χ1v) is 13.1. The van der Waals surface area contributed by atoms with E-state index in [0.717, 1.165) is 63.0 Å². The minimum atomic E-state index is -4.49. The van der Waals surface area contributed by atoms with Crippen LogP contribution in [0.1, 0.15) is 70.3 Å². The van der Waals surface area contributed by atoms with Crippen molar-refractivity contribution >= 4 is 10.0 Å². The predicted molar refractivity (Wildman–Crippen MR) is 120 cm³/mol. The van der Waals surface area contributed by atoms with Crippen LogP contribution in [0, 0.1) is 0 Å². The van der Waals surface area contributed by atoms with Gasteiger partial charge in [-0.25, -0.2) is 8.42 Å². The van der Waals surface area contributed by atoms with Gasteiger partial charge in [-0.1, -0.05) is 19.8 Å². The third kappa shape index (κ3) is 8.32. The lowest BCUT2D eigenvalue weighted by Gasteiger charge is -2.34. The zero-order chi connectivity index (χ0) is 23.6. The van der Waals surface area contributed by atoms with Gasteiger partial charge >= 0.3 is 6.18 Å². The first-order chi connectivity index (χ1) is 15.2. The Balaban J connectivity index is 1.71. The highest BCUT2D eigenvalue weighted by Gasteiger charge is 2.34. The highest BCUT2D eigenvalue weighted by Crippen LogP contribution is 2.32. The number of hydrogen-bond acceptors (Lipinski definition) is 4. The van der Waals surface area contributed by atoms with Crippen molar-refractivity contribution < 1.29 is 26.3 Å². The van der Waals surface area contributed by atoms with Crippen LogP contribution in [-0.4, -0.2) is 51.6 Å². The summed E-state index contributed by atoms with van der Waals surface area (Å²) in [7, 11) is -2.33. The van der Waals surface area contributed by atoms with Crippen LogP contribution in [0.5, 0.6) is 0 Å². The van der Waals surface area contributed by atoms with Crippen molar-refractivity contribution in [2.45, 2.75) is 87.9 Å². The molecule has 5 nitrogen and oxygen atoms in total. The Morgan fingerprint density at radius 3 is 2.16 bits per heavy atom. The fraction of sp³-hybridized carbons (Fsp3) is 0.739. The van der Waals surface area contributed by atoms with Crippen molar-refractivity contribution in [3.63, 3.8) is 0 Å². The predicted octanol–water partition coefficient (Wildman–Crippen LogP) is 5.21. The Kier molecular flexibility index (Phi) is 10.9. The summed E-state index contributed by atoms with van der Waals surface area (Å²) in [5.41, 5.74) is -0.857. The second kappa shape index (κ2) is 12.9. The van der Waals surface area contributed by atoms with E-state index in [4.69, 9.17) is 4.74 Å². The summed E-state index contributed by atoms with van der Waals surface area (Å²) in [6.07, 6.45) is 4.38. The van der Waals surface area contributed by atoms with Crippen molar-refractivity contribution in [3.8, 4) is 0 Å².